The van der Waals surface area contributed by atoms with Gasteiger partial charge in [-0.05, 0) is 31.5 Å². The minimum atomic E-state index is 0.242. The van der Waals surface area contributed by atoms with Crippen molar-refractivity contribution in [3.05, 3.63) is 23.2 Å². The lowest BCUT2D eigenvalue weighted by molar-refractivity contribution is 0.282. The van der Waals surface area contributed by atoms with Crippen molar-refractivity contribution in [2.75, 3.05) is 18.6 Å². The van der Waals surface area contributed by atoms with Gasteiger partial charge in [0.2, 0.25) is 0 Å². The van der Waals surface area contributed by atoms with Crippen LogP contribution in [-0.4, -0.2) is 30.1 Å². The normalized spacial score (nSPS) is 24.4. The highest BCUT2D eigenvalue weighted by Gasteiger charge is 2.29. The lowest BCUT2D eigenvalue weighted by atomic mass is 10.1. The minimum Gasteiger partial charge on any atom is -0.396 e. The van der Waals surface area contributed by atoms with Crippen molar-refractivity contribution in [2.45, 2.75) is 29.5 Å². The fourth-order valence-electron chi connectivity index (χ4n) is 2.03. The van der Waals surface area contributed by atoms with E-state index in [1.54, 1.807) is 0 Å². The first-order valence-electron chi connectivity index (χ1n) is 5.43. The number of anilines is 1. The molecule has 0 radical (unpaired) electrons. The number of halogens is 1. The van der Waals surface area contributed by atoms with Crippen molar-refractivity contribution < 1.29 is 5.11 Å². The summed E-state index contributed by atoms with van der Waals surface area (Å²) in [7, 11) is 2.10. The number of nitrogens with zero attached hydrogens (tertiary/aromatic N) is 1. The molecule has 2 atom stereocenters. The van der Waals surface area contributed by atoms with Gasteiger partial charge in [0.15, 0.2) is 0 Å². The standard InChI is InChI=1S/C12H16ClNOS/c1-8-11(5-6-15)16-12-7-9(13)3-4-10(12)14(8)2/h3-4,7-8,11,15H,5-6H2,1-2H3. The van der Waals surface area contributed by atoms with E-state index in [9.17, 15) is 0 Å². The van der Waals surface area contributed by atoms with E-state index in [1.807, 2.05) is 23.9 Å². The summed E-state index contributed by atoms with van der Waals surface area (Å²) in [6.07, 6.45) is 0.822. The molecule has 0 bridgehead atoms. The summed E-state index contributed by atoms with van der Waals surface area (Å²) in [6, 6.07) is 6.44. The minimum absolute atomic E-state index is 0.242. The van der Waals surface area contributed by atoms with E-state index in [0.29, 0.717) is 11.3 Å². The smallest absolute Gasteiger partial charge is 0.0505 e. The van der Waals surface area contributed by atoms with E-state index in [1.165, 1.54) is 10.6 Å². The number of hydrogen-bond acceptors (Lipinski definition) is 3. The van der Waals surface area contributed by atoms with Gasteiger partial charge in [-0.15, -0.1) is 11.8 Å². The quantitative estimate of drug-likeness (QED) is 0.881. The van der Waals surface area contributed by atoms with Crippen molar-refractivity contribution in [3.63, 3.8) is 0 Å². The number of aliphatic hydroxyl groups is 1. The summed E-state index contributed by atoms with van der Waals surface area (Å²) in [5.41, 5.74) is 1.23. The molecular formula is C12H16ClNOS. The molecule has 4 heteroatoms. The second-order valence-corrected chi connectivity index (χ2v) is 5.85. The molecule has 0 spiro atoms. The van der Waals surface area contributed by atoms with Crippen LogP contribution in [0.5, 0.6) is 0 Å². The van der Waals surface area contributed by atoms with Gasteiger partial charge in [-0.2, -0.15) is 0 Å². The highest BCUT2D eigenvalue weighted by atomic mass is 35.5. The number of fused-ring (bicyclic) bond motifs is 1. The van der Waals surface area contributed by atoms with Crippen LogP contribution in [0.2, 0.25) is 5.02 Å². The third-order valence-corrected chi connectivity index (χ3v) is 4.89. The zero-order valence-electron chi connectivity index (χ0n) is 9.48. The van der Waals surface area contributed by atoms with Gasteiger partial charge in [-0.1, -0.05) is 11.6 Å². The zero-order valence-corrected chi connectivity index (χ0v) is 11.1. The molecule has 0 aliphatic carbocycles. The molecule has 0 aromatic heterocycles. The molecule has 2 rings (SSSR count). The predicted octanol–water partition coefficient (Wildman–Crippen LogP) is 3.02. The summed E-state index contributed by atoms with van der Waals surface area (Å²) < 4.78 is 0. The van der Waals surface area contributed by atoms with Crippen molar-refractivity contribution >= 4 is 29.1 Å². The van der Waals surface area contributed by atoms with E-state index in [0.717, 1.165) is 11.4 Å². The molecule has 0 saturated heterocycles. The maximum atomic E-state index is 9.07. The Morgan fingerprint density at radius 3 is 2.94 bits per heavy atom. The van der Waals surface area contributed by atoms with Gasteiger partial charge in [0.25, 0.3) is 0 Å². The molecular weight excluding hydrogens is 242 g/mol. The highest BCUT2D eigenvalue weighted by Crippen LogP contribution is 2.42. The van der Waals surface area contributed by atoms with Gasteiger partial charge >= 0.3 is 0 Å². The Morgan fingerprint density at radius 1 is 1.50 bits per heavy atom. The van der Waals surface area contributed by atoms with Crippen LogP contribution in [-0.2, 0) is 0 Å². The third kappa shape index (κ3) is 2.17. The molecule has 2 unspecified atom stereocenters. The molecule has 1 aromatic carbocycles. The van der Waals surface area contributed by atoms with E-state index in [2.05, 4.69) is 24.9 Å². The van der Waals surface area contributed by atoms with Crippen LogP contribution in [0, 0.1) is 0 Å². The van der Waals surface area contributed by atoms with Crippen LogP contribution in [0.4, 0.5) is 5.69 Å². The second kappa shape index (κ2) is 4.86. The molecule has 0 amide bonds. The number of thioether (sulfide) groups is 1. The summed E-state index contributed by atoms with van der Waals surface area (Å²) in [5.74, 6) is 0. The zero-order chi connectivity index (χ0) is 11.7. The molecule has 88 valence electrons. The SMILES string of the molecule is CC1C(CCO)Sc2cc(Cl)ccc2N1C. The maximum absolute atomic E-state index is 9.07. The fourth-order valence-corrected chi connectivity index (χ4v) is 3.72. The first kappa shape index (κ1) is 12.1. The van der Waals surface area contributed by atoms with Crippen molar-refractivity contribution in [3.8, 4) is 0 Å². The Bertz CT molecular complexity index is 385. The van der Waals surface area contributed by atoms with Gasteiger partial charge < -0.3 is 10.0 Å². The number of aliphatic hydroxyl groups excluding tert-OH is 1. The summed E-state index contributed by atoms with van der Waals surface area (Å²) in [6.45, 7) is 2.44. The van der Waals surface area contributed by atoms with Gasteiger partial charge in [-0.25, -0.2) is 0 Å². The largest absolute Gasteiger partial charge is 0.396 e. The van der Waals surface area contributed by atoms with Crippen LogP contribution < -0.4 is 4.90 Å². The summed E-state index contributed by atoms with van der Waals surface area (Å²) >= 11 is 7.83. The van der Waals surface area contributed by atoms with E-state index >= 15 is 0 Å². The van der Waals surface area contributed by atoms with Crippen molar-refractivity contribution in [2.24, 2.45) is 0 Å². The Kier molecular flexibility index (Phi) is 3.67. The lowest BCUT2D eigenvalue weighted by Crippen LogP contribution is -2.40. The average molecular weight is 258 g/mol. The van der Waals surface area contributed by atoms with Crippen molar-refractivity contribution in [1.29, 1.82) is 0 Å². The number of hydrogen-bond donors (Lipinski definition) is 1. The van der Waals surface area contributed by atoms with Gasteiger partial charge in [0.1, 0.15) is 0 Å². The monoisotopic (exact) mass is 257 g/mol. The van der Waals surface area contributed by atoms with E-state index in [-0.39, 0.29) is 6.61 Å². The Labute approximate surface area is 106 Å². The van der Waals surface area contributed by atoms with Gasteiger partial charge in [0.05, 0.1) is 5.69 Å². The first-order chi connectivity index (χ1) is 7.63. The average Bonchev–Trinajstić information content (AvgIpc) is 2.25. The molecule has 1 aromatic rings. The topological polar surface area (TPSA) is 23.5 Å². The Morgan fingerprint density at radius 2 is 2.25 bits per heavy atom. The Balaban J connectivity index is 2.32. The number of benzene rings is 1. The molecule has 1 heterocycles. The Hall–Kier alpha value is -0.380. The molecule has 16 heavy (non-hydrogen) atoms. The van der Waals surface area contributed by atoms with Crippen LogP contribution in [0.3, 0.4) is 0 Å². The van der Waals surface area contributed by atoms with E-state index in [4.69, 9.17) is 16.7 Å². The van der Waals surface area contributed by atoms with Crippen molar-refractivity contribution in [1.82, 2.24) is 0 Å². The van der Waals surface area contributed by atoms with E-state index < -0.39 is 0 Å². The molecule has 1 aliphatic heterocycles. The lowest BCUT2D eigenvalue weighted by Gasteiger charge is -2.39. The molecule has 1 N–H and O–H groups in total. The fraction of sp³-hybridized carbons (Fsp3) is 0.500. The first-order valence-corrected chi connectivity index (χ1v) is 6.69. The molecule has 0 fully saturated rings. The van der Waals surface area contributed by atoms with Gasteiger partial charge in [-0.3, -0.25) is 0 Å². The molecule has 1 aliphatic rings. The van der Waals surface area contributed by atoms with Crippen LogP contribution in [0.1, 0.15) is 13.3 Å². The molecule has 0 saturated carbocycles. The predicted molar refractivity (Wildman–Crippen MR) is 70.7 cm³/mol. The third-order valence-electron chi connectivity index (χ3n) is 3.14. The van der Waals surface area contributed by atoms with Crippen LogP contribution in [0.15, 0.2) is 23.1 Å². The highest BCUT2D eigenvalue weighted by molar-refractivity contribution is 8.00. The number of rotatable bonds is 2. The maximum Gasteiger partial charge on any atom is 0.0505 e. The summed E-state index contributed by atoms with van der Waals surface area (Å²) in [4.78, 5) is 3.48. The van der Waals surface area contributed by atoms with Gasteiger partial charge in [0, 0.05) is 34.9 Å². The van der Waals surface area contributed by atoms with Crippen LogP contribution >= 0.6 is 23.4 Å². The second-order valence-electron chi connectivity index (χ2n) is 4.13. The molecule has 2 nitrogen and oxygen atoms in total. The van der Waals surface area contributed by atoms with Crippen LogP contribution in [0.25, 0.3) is 0 Å². The summed E-state index contributed by atoms with van der Waals surface area (Å²) in [5, 5.41) is 10.3.